The maximum atomic E-state index is 5.70. The van der Waals surface area contributed by atoms with Crippen LogP contribution in [-0.4, -0.2) is 50.3 Å². The van der Waals surface area contributed by atoms with E-state index in [-0.39, 0.29) is 0 Å². The zero-order valence-corrected chi connectivity index (χ0v) is 11.9. The Morgan fingerprint density at radius 1 is 1.41 bits per heavy atom. The molecule has 0 radical (unpaired) electrons. The van der Waals surface area contributed by atoms with E-state index in [1.165, 1.54) is 38.6 Å². The summed E-state index contributed by atoms with van der Waals surface area (Å²) in [5, 5.41) is 3.29. The van der Waals surface area contributed by atoms with Gasteiger partial charge < -0.3 is 15.0 Å². The van der Waals surface area contributed by atoms with Gasteiger partial charge in [-0.2, -0.15) is 0 Å². The number of likely N-dealkylation sites (N-methyl/N-ethyl adjacent to an activating group) is 1. The van der Waals surface area contributed by atoms with Gasteiger partial charge in [0, 0.05) is 19.2 Å². The van der Waals surface area contributed by atoms with E-state index in [0.717, 1.165) is 19.7 Å². The van der Waals surface area contributed by atoms with Crippen molar-refractivity contribution in [3.05, 3.63) is 0 Å². The van der Waals surface area contributed by atoms with Crippen LogP contribution in [0.3, 0.4) is 0 Å². The summed E-state index contributed by atoms with van der Waals surface area (Å²) in [5.41, 5.74) is 0. The molecule has 0 aromatic carbocycles. The molecule has 1 rings (SSSR count). The molecule has 1 aliphatic heterocycles. The first-order valence-electron chi connectivity index (χ1n) is 7.27. The number of unbranched alkanes of at least 4 members (excludes halogenated alkanes) is 1. The Morgan fingerprint density at radius 3 is 2.82 bits per heavy atom. The van der Waals surface area contributed by atoms with Crippen LogP contribution in [-0.2, 0) is 4.74 Å². The maximum Gasteiger partial charge on any atom is 0.0702 e. The van der Waals surface area contributed by atoms with Gasteiger partial charge in [-0.05, 0) is 52.7 Å². The number of rotatable bonds is 9. The SMILES string of the molecule is CCN(CCCCC(C)NC)CC1CCCO1. The van der Waals surface area contributed by atoms with Gasteiger partial charge in [0.25, 0.3) is 0 Å². The Balaban J connectivity index is 2.05. The molecule has 2 unspecified atom stereocenters. The van der Waals surface area contributed by atoms with Crippen LogP contribution in [0.1, 0.15) is 46.0 Å². The van der Waals surface area contributed by atoms with E-state index >= 15 is 0 Å². The predicted octanol–water partition coefficient (Wildman–Crippen LogP) is 2.27. The molecule has 0 spiro atoms. The number of ether oxygens (including phenoxy) is 1. The van der Waals surface area contributed by atoms with E-state index < -0.39 is 0 Å². The lowest BCUT2D eigenvalue weighted by molar-refractivity contribution is 0.0742. The van der Waals surface area contributed by atoms with Crippen LogP contribution in [0.2, 0.25) is 0 Å². The Hall–Kier alpha value is -0.120. The summed E-state index contributed by atoms with van der Waals surface area (Å²) in [7, 11) is 2.04. The zero-order valence-electron chi connectivity index (χ0n) is 11.9. The second-order valence-electron chi connectivity index (χ2n) is 5.21. The smallest absolute Gasteiger partial charge is 0.0702 e. The molecule has 0 amide bonds. The van der Waals surface area contributed by atoms with Crippen molar-refractivity contribution in [2.75, 3.05) is 33.3 Å². The fourth-order valence-corrected chi connectivity index (χ4v) is 2.39. The van der Waals surface area contributed by atoms with Gasteiger partial charge in [-0.1, -0.05) is 13.3 Å². The van der Waals surface area contributed by atoms with Crippen LogP contribution in [0.15, 0.2) is 0 Å². The molecule has 0 bridgehead atoms. The van der Waals surface area contributed by atoms with E-state index in [1.54, 1.807) is 0 Å². The second kappa shape index (κ2) is 8.90. The van der Waals surface area contributed by atoms with Gasteiger partial charge in [0.05, 0.1) is 6.10 Å². The highest BCUT2D eigenvalue weighted by atomic mass is 16.5. The van der Waals surface area contributed by atoms with Crippen molar-refractivity contribution in [3.63, 3.8) is 0 Å². The van der Waals surface area contributed by atoms with Crippen LogP contribution < -0.4 is 5.32 Å². The Morgan fingerprint density at radius 2 is 2.24 bits per heavy atom. The van der Waals surface area contributed by atoms with Gasteiger partial charge in [0.1, 0.15) is 0 Å². The fourth-order valence-electron chi connectivity index (χ4n) is 2.39. The van der Waals surface area contributed by atoms with Crippen LogP contribution in [0.4, 0.5) is 0 Å². The monoisotopic (exact) mass is 242 g/mol. The second-order valence-corrected chi connectivity index (χ2v) is 5.21. The molecule has 1 saturated heterocycles. The minimum Gasteiger partial charge on any atom is -0.377 e. The first-order chi connectivity index (χ1) is 8.26. The molecule has 1 aliphatic rings. The molecule has 102 valence electrons. The average molecular weight is 242 g/mol. The van der Waals surface area contributed by atoms with Gasteiger partial charge in [0.2, 0.25) is 0 Å². The van der Waals surface area contributed by atoms with Crippen molar-refractivity contribution in [1.82, 2.24) is 10.2 Å². The summed E-state index contributed by atoms with van der Waals surface area (Å²) in [6.07, 6.45) is 6.94. The highest BCUT2D eigenvalue weighted by Gasteiger charge is 2.17. The number of hydrogen-bond acceptors (Lipinski definition) is 3. The van der Waals surface area contributed by atoms with Crippen molar-refractivity contribution in [1.29, 1.82) is 0 Å². The Bertz CT molecular complexity index is 181. The largest absolute Gasteiger partial charge is 0.377 e. The van der Waals surface area contributed by atoms with Gasteiger partial charge in [0.15, 0.2) is 0 Å². The van der Waals surface area contributed by atoms with Gasteiger partial charge in [-0.15, -0.1) is 0 Å². The third kappa shape index (κ3) is 6.39. The molecular weight excluding hydrogens is 212 g/mol. The first-order valence-corrected chi connectivity index (χ1v) is 7.27. The molecular formula is C14H30N2O. The van der Waals surface area contributed by atoms with Gasteiger partial charge in [-0.25, -0.2) is 0 Å². The third-order valence-corrected chi connectivity index (χ3v) is 3.79. The van der Waals surface area contributed by atoms with Gasteiger partial charge >= 0.3 is 0 Å². The van der Waals surface area contributed by atoms with Crippen molar-refractivity contribution >= 4 is 0 Å². The minimum absolute atomic E-state index is 0.506. The quantitative estimate of drug-likeness (QED) is 0.628. The average Bonchev–Trinajstić information content (AvgIpc) is 2.85. The normalized spacial score (nSPS) is 22.2. The molecule has 0 aromatic heterocycles. The standard InChI is InChI=1S/C14H30N2O/c1-4-16(12-14-9-7-11-17-14)10-6-5-8-13(2)15-3/h13-15H,4-12H2,1-3H3. The van der Waals surface area contributed by atoms with Crippen LogP contribution >= 0.6 is 0 Å². The summed E-state index contributed by atoms with van der Waals surface area (Å²) >= 11 is 0. The van der Waals surface area contributed by atoms with Crippen LogP contribution in [0, 0.1) is 0 Å². The Labute approximate surface area is 107 Å². The van der Waals surface area contributed by atoms with Crippen LogP contribution in [0.5, 0.6) is 0 Å². The highest BCUT2D eigenvalue weighted by molar-refractivity contribution is 4.70. The molecule has 0 aromatic rings. The first kappa shape index (κ1) is 14.9. The summed E-state index contributed by atoms with van der Waals surface area (Å²) in [4.78, 5) is 2.54. The summed E-state index contributed by atoms with van der Waals surface area (Å²) < 4.78 is 5.70. The van der Waals surface area contributed by atoms with E-state index in [4.69, 9.17) is 4.74 Å². The fraction of sp³-hybridized carbons (Fsp3) is 1.00. The summed E-state index contributed by atoms with van der Waals surface area (Å²) in [6, 6.07) is 0.656. The van der Waals surface area contributed by atoms with Crippen LogP contribution in [0.25, 0.3) is 0 Å². The van der Waals surface area contributed by atoms with E-state index in [2.05, 4.69) is 24.1 Å². The number of hydrogen-bond donors (Lipinski definition) is 1. The topological polar surface area (TPSA) is 24.5 Å². The van der Waals surface area contributed by atoms with Crippen molar-refractivity contribution in [3.8, 4) is 0 Å². The molecule has 17 heavy (non-hydrogen) atoms. The maximum absolute atomic E-state index is 5.70. The highest BCUT2D eigenvalue weighted by Crippen LogP contribution is 2.13. The molecule has 2 atom stereocenters. The lowest BCUT2D eigenvalue weighted by atomic mass is 10.1. The van der Waals surface area contributed by atoms with Gasteiger partial charge in [-0.3, -0.25) is 0 Å². The third-order valence-electron chi connectivity index (χ3n) is 3.79. The molecule has 3 nitrogen and oxygen atoms in total. The number of nitrogens with zero attached hydrogens (tertiary/aromatic N) is 1. The lowest BCUT2D eigenvalue weighted by Crippen LogP contribution is -2.33. The summed E-state index contributed by atoms with van der Waals surface area (Å²) in [5.74, 6) is 0. The zero-order chi connectivity index (χ0) is 12.5. The lowest BCUT2D eigenvalue weighted by Gasteiger charge is -2.23. The van der Waals surface area contributed by atoms with E-state index in [0.29, 0.717) is 12.1 Å². The minimum atomic E-state index is 0.506. The number of nitrogens with one attached hydrogen (secondary N) is 1. The molecule has 3 heteroatoms. The summed E-state index contributed by atoms with van der Waals surface area (Å²) in [6.45, 7) is 9.00. The molecule has 0 aliphatic carbocycles. The molecule has 0 saturated carbocycles. The van der Waals surface area contributed by atoms with Crippen molar-refractivity contribution in [2.45, 2.75) is 58.1 Å². The van der Waals surface area contributed by atoms with Crippen molar-refractivity contribution in [2.24, 2.45) is 0 Å². The van der Waals surface area contributed by atoms with E-state index in [1.807, 2.05) is 7.05 Å². The van der Waals surface area contributed by atoms with E-state index in [9.17, 15) is 0 Å². The molecule has 1 N–H and O–H groups in total. The molecule has 1 fully saturated rings. The Kier molecular flexibility index (Phi) is 7.82. The van der Waals surface area contributed by atoms with Crippen molar-refractivity contribution < 1.29 is 4.74 Å². The predicted molar refractivity (Wildman–Crippen MR) is 73.5 cm³/mol. The molecule has 1 heterocycles.